The highest BCUT2D eigenvalue weighted by Crippen LogP contribution is 2.28. The van der Waals surface area contributed by atoms with Crippen molar-refractivity contribution in [2.45, 2.75) is 90.6 Å². The Balaban J connectivity index is 1.65. The van der Waals surface area contributed by atoms with E-state index in [-0.39, 0.29) is 5.96 Å². The summed E-state index contributed by atoms with van der Waals surface area (Å²) in [6.45, 7) is 6.94. The van der Waals surface area contributed by atoms with Gasteiger partial charge in [-0.3, -0.25) is 4.90 Å². The van der Waals surface area contributed by atoms with Gasteiger partial charge in [-0.1, -0.05) is 64.7 Å². The Labute approximate surface area is 176 Å². The smallest absolute Gasteiger partial charge is 0.220 e. The van der Waals surface area contributed by atoms with Crippen molar-refractivity contribution in [1.82, 2.24) is 0 Å². The Kier molecular flexibility index (Phi) is 9.29. The highest BCUT2D eigenvalue weighted by atomic mass is 16.5. The zero-order chi connectivity index (χ0) is 21.1. The number of unbranched alkanes of at least 4 members (excludes halogenated alkanes) is 9. The molecular weight excluding hydrogens is 362 g/mol. The number of benzene rings is 1. The monoisotopic (exact) mass is 401 g/mol. The molecule has 4 N–H and O–H groups in total. The standard InChI is InChI=1S/C23H39N5O/c1-4-5-6-7-8-9-10-11-12-13-18-29-20-16-14-19(15-17-20)28-22(25)26-21(24)27-23(28,2)3/h14-17H,4-13,18H2,1-3H3,(H4,24,25,26,27). The van der Waals surface area contributed by atoms with Gasteiger partial charge in [0.15, 0.2) is 0 Å². The summed E-state index contributed by atoms with van der Waals surface area (Å²) in [5.41, 5.74) is 12.1. The minimum atomic E-state index is -0.575. The van der Waals surface area contributed by atoms with Crippen molar-refractivity contribution in [2.24, 2.45) is 21.5 Å². The molecule has 0 aliphatic carbocycles. The van der Waals surface area contributed by atoms with Gasteiger partial charge in [0.2, 0.25) is 11.9 Å². The van der Waals surface area contributed by atoms with E-state index in [0.29, 0.717) is 5.96 Å². The summed E-state index contributed by atoms with van der Waals surface area (Å²) >= 11 is 0. The number of anilines is 1. The van der Waals surface area contributed by atoms with Crippen LogP contribution in [0.25, 0.3) is 0 Å². The first kappa shape index (κ1) is 23.0. The minimum absolute atomic E-state index is 0.209. The molecule has 6 heteroatoms. The van der Waals surface area contributed by atoms with Gasteiger partial charge in [-0.15, -0.1) is 0 Å². The number of rotatable bonds is 13. The van der Waals surface area contributed by atoms with E-state index in [4.69, 9.17) is 16.2 Å². The lowest BCUT2D eigenvalue weighted by molar-refractivity contribution is 0.304. The Morgan fingerprint density at radius 1 is 0.862 bits per heavy atom. The molecule has 0 aromatic heterocycles. The average Bonchev–Trinajstić information content (AvgIpc) is 2.65. The van der Waals surface area contributed by atoms with Crippen molar-refractivity contribution in [1.29, 1.82) is 0 Å². The third-order valence-electron chi connectivity index (χ3n) is 5.26. The van der Waals surface area contributed by atoms with Crippen LogP contribution in [0.3, 0.4) is 0 Å². The van der Waals surface area contributed by atoms with Crippen molar-refractivity contribution in [3.05, 3.63) is 24.3 Å². The third-order valence-corrected chi connectivity index (χ3v) is 5.26. The molecule has 0 atom stereocenters. The molecule has 1 heterocycles. The molecule has 0 fully saturated rings. The molecule has 1 aliphatic rings. The summed E-state index contributed by atoms with van der Waals surface area (Å²) in [5.74, 6) is 1.43. The van der Waals surface area contributed by atoms with E-state index in [9.17, 15) is 0 Å². The van der Waals surface area contributed by atoms with Crippen LogP contribution in [0.15, 0.2) is 34.3 Å². The Morgan fingerprint density at radius 2 is 1.41 bits per heavy atom. The van der Waals surface area contributed by atoms with Crippen LogP contribution in [0.5, 0.6) is 5.75 Å². The number of guanidine groups is 2. The molecule has 0 saturated heterocycles. The first-order valence-corrected chi connectivity index (χ1v) is 11.2. The molecule has 0 spiro atoms. The van der Waals surface area contributed by atoms with Crippen LogP contribution in [-0.2, 0) is 0 Å². The second-order valence-electron chi connectivity index (χ2n) is 8.29. The van der Waals surface area contributed by atoms with Gasteiger partial charge in [-0.25, -0.2) is 4.99 Å². The summed E-state index contributed by atoms with van der Waals surface area (Å²) in [6.07, 6.45) is 13.3. The van der Waals surface area contributed by atoms with Gasteiger partial charge in [-0.2, -0.15) is 4.99 Å². The summed E-state index contributed by atoms with van der Waals surface area (Å²) in [4.78, 5) is 10.3. The molecule has 0 radical (unpaired) electrons. The van der Waals surface area contributed by atoms with Crippen molar-refractivity contribution < 1.29 is 4.74 Å². The zero-order valence-corrected chi connectivity index (χ0v) is 18.5. The molecule has 162 valence electrons. The van der Waals surface area contributed by atoms with Crippen LogP contribution in [-0.4, -0.2) is 24.2 Å². The first-order valence-electron chi connectivity index (χ1n) is 11.2. The fraction of sp³-hybridized carbons (Fsp3) is 0.652. The summed E-state index contributed by atoms with van der Waals surface area (Å²) in [6, 6.07) is 7.90. The molecule has 0 unspecified atom stereocenters. The van der Waals surface area contributed by atoms with Crippen LogP contribution >= 0.6 is 0 Å². The maximum absolute atomic E-state index is 6.08. The van der Waals surface area contributed by atoms with E-state index in [0.717, 1.165) is 24.5 Å². The SMILES string of the molecule is CCCCCCCCCCCCOc1ccc(N2C(N)=NC(N)=NC2(C)C)cc1. The van der Waals surface area contributed by atoms with Gasteiger partial charge in [0, 0.05) is 5.69 Å². The fourth-order valence-corrected chi connectivity index (χ4v) is 3.72. The highest BCUT2D eigenvalue weighted by molar-refractivity contribution is 6.05. The molecule has 1 aromatic rings. The fourth-order valence-electron chi connectivity index (χ4n) is 3.72. The topological polar surface area (TPSA) is 89.2 Å². The molecule has 0 amide bonds. The summed E-state index contributed by atoms with van der Waals surface area (Å²) in [7, 11) is 0. The molecule has 1 aromatic carbocycles. The van der Waals surface area contributed by atoms with E-state index >= 15 is 0 Å². The quantitative estimate of drug-likeness (QED) is 0.446. The Bertz CT molecular complexity index is 666. The van der Waals surface area contributed by atoms with Gasteiger partial charge in [0.25, 0.3) is 0 Å². The highest BCUT2D eigenvalue weighted by Gasteiger charge is 2.32. The van der Waals surface area contributed by atoms with Crippen LogP contribution in [0.1, 0.15) is 85.0 Å². The Morgan fingerprint density at radius 3 is 1.97 bits per heavy atom. The lowest BCUT2D eigenvalue weighted by atomic mass is 10.1. The lowest BCUT2D eigenvalue weighted by Gasteiger charge is -2.38. The average molecular weight is 402 g/mol. The second-order valence-corrected chi connectivity index (χ2v) is 8.29. The normalized spacial score (nSPS) is 15.8. The van der Waals surface area contributed by atoms with Crippen LogP contribution in [0.4, 0.5) is 5.69 Å². The van der Waals surface area contributed by atoms with Crippen LogP contribution < -0.4 is 21.1 Å². The molecule has 29 heavy (non-hydrogen) atoms. The van der Waals surface area contributed by atoms with Crippen molar-refractivity contribution >= 4 is 17.6 Å². The van der Waals surface area contributed by atoms with Crippen molar-refractivity contribution in [3.8, 4) is 5.75 Å². The minimum Gasteiger partial charge on any atom is -0.494 e. The van der Waals surface area contributed by atoms with Crippen molar-refractivity contribution in [2.75, 3.05) is 11.5 Å². The summed E-state index contributed by atoms with van der Waals surface area (Å²) < 4.78 is 5.89. The van der Waals surface area contributed by atoms with Crippen LogP contribution in [0.2, 0.25) is 0 Å². The second kappa shape index (κ2) is 11.7. The molecular formula is C23H39N5O. The number of hydrogen-bond donors (Lipinski definition) is 2. The maximum Gasteiger partial charge on any atom is 0.220 e. The molecule has 6 nitrogen and oxygen atoms in total. The first-order chi connectivity index (χ1) is 13.9. The number of nitrogens with two attached hydrogens (primary N) is 2. The molecule has 0 saturated carbocycles. The van der Waals surface area contributed by atoms with Gasteiger partial charge in [0.1, 0.15) is 11.4 Å². The number of aliphatic imine (C=N–C) groups is 2. The van der Waals surface area contributed by atoms with E-state index < -0.39 is 5.66 Å². The van der Waals surface area contributed by atoms with Gasteiger partial charge in [0.05, 0.1) is 6.61 Å². The van der Waals surface area contributed by atoms with E-state index in [1.807, 2.05) is 43.0 Å². The number of nitrogens with zero attached hydrogens (tertiary/aromatic N) is 3. The zero-order valence-electron chi connectivity index (χ0n) is 18.5. The summed E-state index contributed by atoms with van der Waals surface area (Å²) in [5, 5.41) is 0. The molecule has 0 bridgehead atoms. The van der Waals surface area contributed by atoms with E-state index in [1.54, 1.807) is 0 Å². The molecule has 1 aliphatic heterocycles. The molecule has 2 rings (SSSR count). The largest absolute Gasteiger partial charge is 0.494 e. The predicted molar refractivity (Wildman–Crippen MR) is 124 cm³/mol. The predicted octanol–water partition coefficient (Wildman–Crippen LogP) is 5.17. The third kappa shape index (κ3) is 7.59. The lowest BCUT2D eigenvalue weighted by Crippen LogP contribution is -2.54. The van der Waals surface area contributed by atoms with Crippen LogP contribution in [0, 0.1) is 0 Å². The number of ether oxygens (including phenoxy) is 1. The number of hydrogen-bond acceptors (Lipinski definition) is 6. The van der Waals surface area contributed by atoms with Crippen molar-refractivity contribution in [3.63, 3.8) is 0 Å². The van der Waals surface area contributed by atoms with E-state index in [1.165, 1.54) is 57.8 Å². The van der Waals surface area contributed by atoms with Gasteiger partial charge < -0.3 is 16.2 Å². The van der Waals surface area contributed by atoms with Gasteiger partial charge >= 0.3 is 0 Å². The van der Waals surface area contributed by atoms with E-state index in [2.05, 4.69) is 16.9 Å². The Hall–Kier alpha value is -2.24. The maximum atomic E-state index is 6.08. The van der Waals surface area contributed by atoms with Gasteiger partial charge in [-0.05, 0) is 44.5 Å².